The topological polar surface area (TPSA) is 50.9 Å². The molecule has 0 bridgehead atoms. The average Bonchev–Trinajstić information content (AvgIpc) is 3.00. The van der Waals surface area contributed by atoms with Crippen molar-refractivity contribution in [2.75, 3.05) is 63.1 Å². The van der Waals surface area contributed by atoms with Crippen molar-refractivity contribution in [1.29, 1.82) is 0 Å². The SMILES string of the molecule is CCN1CCN(c2ccccc2NC(=O)NC2CCN(C)C2)CC1. The van der Waals surface area contributed by atoms with E-state index in [1.165, 1.54) is 0 Å². The summed E-state index contributed by atoms with van der Waals surface area (Å²) in [7, 11) is 2.09. The molecule has 2 saturated heterocycles. The highest BCUT2D eigenvalue weighted by atomic mass is 16.2. The van der Waals surface area contributed by atoms with Crippen LogP contribution in [0, 0.1) is 0 Å². The van der Waals surface area contributed by atoms with Crippen molar-refractivity contribution in [1.82, 2.24) is 15.1 Å². The van der Waals surface area contributed by atoms with Gasteiger partial charge in [-0.3, -0.25) is 0 Å². The van der Waals surface area contributed by atoms with Gasteiger partial charge < -0.3 is 25.3 Å². The number of amides is 2. The number of anilines is 2. The fraction of sp³-hybridized carbons (Fsp3) is 0.611. The van der Waals surface area contributed by atoms with Crippen molar-refractivity contribution in [3.63, 3.8) is 0 Å². The highest BCUT2D eigenvalue weighted by Gasteiger charge is 2.22. The van der Waals surface area contributed by atoms with Crippen molar-refractivity contribution >= 4 is 17.4 Å². The molecule has 0 radical (unpaired) electrons. The van der Waals surface area contributed by atoms with Gasteiger partial charge in [-0.05, 0) is 38.7 Å². The molecule has 0 spiro atoms. The molecule has 1 aromatic carbocycles. The zero-order chi connectivity index (χ0) is 16.9. The van der Waals surface area contributed by atoms with Crippen LogP contribution in [-0.2, 0) is 0 Å². The van der Waals surface area contributed by atoms with E-state index in [0.717, 1.165) is 63.6 Å². The summed E-state index contributed by atoms with van der Waals surface area (Å²) in [6.45, 7) is 9.43. The van der Waals surface area contributed by atoms with E-state index in [4.69, 9.17) is 0 Å². The Labute approximate surface area is 144 Å². The molecule has 0 aliphatic carbocycles. The van der Waals surface area contributed by atoms with Gasteiger partial charge in [0.15, 0.2) is 0 Å². The Morgan fingerprint density at radius 1 is 1.17 bits per heavy atom. The fourth-order valence-corrected chi connectivity index (χ4v) is 3.56. The van der Waals surface area contributed by atoms with E-state index in [1.54, 1.807) is 0 Å². The van der Waals surface area contributed by atoms with E-state index in [-0.39, 0.29) is 12.1 Å². The molecule has 2 aliphatic rings. The molecule has 2 heterocycles. The van der Waals surface area contributed by atoms with Crippen LogP contribution in [0.5, 0.6) is 0 Å². The van der Waals surface area contributed by atoms with E-state index in [0.29, 0.717) is 0 Å². The first kappa shape index (κ1) is 17.0. The summed E-state index contributed by atoms with van der Waals surface area (Å²) < 4.78 is 0. The predicted molar refractivity (Wildman–Crippen MR) is 98.8 cm³/mol. The molecule has 1 atom stereocenters. The number of likely N-dealkylation sites (tertiary alicyclic amines) is 1. The molecular formula is C18H29N5O. The van der Waals surface area contributed by atoms with Crippen molar-refractivity contribution in [3.05, 3.63) is 24.3 Å². The number of likely N-dealkylation sites (N-methyl/N-ethyl adjacent to an activating group) is 2. The Balaban J connectivity index is 1.60. The number of hydrogen-bond donors (Lipinski definition) is 2. The molecule has 6 heteroatoms. The number of benzene rings is 1. The largest absolute Gasteiger partial charge is 0.367 e. The van der Waals surface area contributed by atoms with Crippen LogP contribution in [0.3, 0.4) is 0 Å². The van der Waals surface area contributed by atoms with Gasteiger partial charge in [0.05, 0.1) is 11.4 Å². The highest BCUT2D eigenvalue weighted by molar-refractivity contribution is 5.93. The maximum absolute atomic E-state index is 12.3. The minimum atomic E-state index is -0.102. The first-order valence-corrected chi connectivity index (χ1v) is 8.98. The highest BCUT2D eigenvalue weighted by Crippen LogP contribution is 2.26. The van der Waals surface area contributed by atoms with Gasteiger partial charge in [-0.15, -0.1) is 0 Å². The predicted octanol–water partition coefficient (Wildman–Crippen LogP) is 1.65. The normalized spacial score (nSPS) is 22.6. The van der Waals surface area contributed by atoms with Gasteiger partial charge >= 0.3 is 6.03 Å². The summed E-state index contributed by atoms with van der Waals surface area (Å²) in [4.78, 5) is 19.4. The molecule has 6 nitrogen and oxygen atoms in total. The van der Waals surface area contributed by atoms with Crippen LogP contribution < -0.4 is 15.5 Å². The summed E-state index contributed by atoms with van der Waals surface area (Å²) in [6, 6.07) is 8.24. The van der Waals surface area contributed by atoms with Crippen LogP contribution in [0.25, 0.3) is 0 Å². The Bertz CT molecular complexity index is 556. The Kier molecular flexibility index (Phi) is 5.58. The lowest BCUT2D eigenvalue weighted by Gasteiger charge is -2.36. The number of nitrogens with one attached hydrogen (secondary N) is 2. The number of carbonyl (C=O) groups is 1. The molecule has 2 aliphatic heterocycles. The summed E-state index contributed by atoms with van der Waals surface area (Å²) in [5, 5.41) is 6.14. The molecule has 2 fully saturated rings. The lowest BCUT2D eigenvalue weighted by atomic mass is 10.2. The molecular weight excluding hydrogens is 302 g/mol. The summed E-state index contributed by atoms with van der Waals surface area (Å²) >= 11 is 0. The first-order chi connectivity index (χ1) is 11.7. The third kappa shape index (κ3) is 4.19. The Morgan fingerprint density at radius 2 is 1.92 bits per heavy atom. The van der Waals surface area contributed by atoms with Gasteiger partial charge in [0, 0.05) is 38.8 Å². The van der Waals surface area contributed by atoms with Crippen molar-refractivity contribution in [2.24, 2.45) is 0 Å². The van der Waals surface area contributed by atoms with E-state index < -0.39 is 0 Å². The summed E-state index contributed by atoms with van der Waals surface area (Å²) in [6.07, 6.45) is 1.02. The number of hydrogen-bond acceptors (Lipinski definition) is 4. The zero-order valence-corrected chi connectivity index (χ0v) is 14.8. The van der Waals surface area contributed by atoms with Crippen LogP contribution in [0.15, 0.2) is 24.3 Å². The van der Waals surface area contributed by atoms with Crippen molar-refractivity contribution < 1.29 is 4.79 Å². The molecule has 24 heavy (non-hydrogen) atoms. The molecule has 1 aromatic rings. The second-order valence-electron chi connectivity index (χ2n) is 6.78. The smallest absolute Gasteiger partial charge is 0.319 e. The Morgan fingerprint density at radius 3 is 2.58 bits per heavy atom. The third-order valence-electron chi connectivity index (χ3n) is 5.04. The molecule has 132 valence electrons. The van der Waals surface area contributed by atoms with Crippen molar-refractivity contribution in [2.45, 2.75) is 19.4 Å². The quantitative estimate of drug-likeness (QED) is 0.881. The second-order valence-corrected chi connectivity index (χ2v) is 6.78. The van der Waals surface area contributed by atoms with Crippen LogP contribution >= 0.6 is 0 Å². The van der Waals surface area contributed by atoms with E-state index in [2.05, 4.69) is 45.4 Å². The molecule has 2 N–H and O–H groups in total. The molecule has 0 saturated carbocycles. The van der Waals surface area contributed by atoms with Gasteiger partial charge in [-0.2, -0.15) is 0 Å². The molecule has 1 unspecified atom stereocenters. The number of nitrogens with zero attached hydrogens (tertiary/aromatic N) is 3. The van der Waals surface area contributed by atoms with Crippen molar-refractivity contribution in [3.8, 4) is 0 Å². The minimum absolute atomic E-state index is 0.102. The fourth-order valence-electron chi connectivity index (χ4n) is 3.56. The van der Waals surface area contributed by atoms with Gasteiger partial charge in [0.25, 0.3) is 0 Å². The van der Waals surface area contributed by atoms with Crippen LogP contribution in [0.4, 0.5) is 16.2 Å². The average molecular weight is 331 g/mol. The molecule has 3 rings (SSSR count). The van der Waals surface area contributed by atoms with Gasteiger partial charge in [-0.25, -0.2) is 4.79 Å². The lowest BCUT2D eigenvalue weighted by molar-refractivity contribution is 0.248. The van der Waals surface area contributed by atoms with Gasteiger partial charge in [-0.1, -0.05) is 19.1 Å². The molecule has 2 amide bonds. The van der Waals surface area contributed by atoms with Crippen LogP contribution in [0.2, 0.25) is 0 Å². The van der Waals surface area contributed by atoms with Gasteiger partial charge in [0.2, 0.25) is 0 Å². The number of piperazine rings is 1. The Hall–Kier alpha value is -1.79. The van der Waals surface area contributed by atoms with Gasteiger partial charge in [0.1, 0.15) is 0 Å². The monoisotopic (exact) mass is 331 g/mol. The number of urea groups is 1. The van der Waals surface area contributed by atoms with E-state index in [9.17, 15) is 4.79 Å². The number of carbonyl (C=O) groups excluding carboxylic acids is 1. The van der Waals surface area contributed by atoms with Crippen LogP contribution in [0.1, 0.15) is 13.3 Å². The van der Waals surface area contributed by atoms with E-state index >= 15 is 0 Å². The maximum atomic E-state index is 12.3. The van der Waals surface area contributed by atoms with E-state index in [1.807, 2.05) is 18.2 Å². The summed E-state index contributed by atoms with van der Waals surface area (Å²) in [5.41, 5.74) is 2.01. The van der Waals surface area contributed by atoms with Crippen LogP contribution in [-0.4, -0.2) is 74.7 Å². The minimum Gasteiger partial charge on any atom is -0.367 e. The third-order valence-corrected chi connectivity index (χ3v) is 5.04. The number of rotatable bonds is 4. The standard InChI is InChI=1S/C18H29N5O/c1-3-22-10-12-23(13-11-22)17-7-5-4-6-16(17)20-18(24)19-15-8-9-21(2)14-15/h4-7,15H,3,8-14H2,1-2H3,(H2,19,20,24). The first-order valence-electron chi connectivity index (χ1n) is 8.98. The lowest BCUT2D eigenvalue weighted by Crippen LogP contribution is -2.46. The zero-order valence-electron chi connectivity index (χ0n) is 14.8. The maximum Gasteiger partial charge on any atom is 0.319 e. The number of para-hydroxylation sites is 2. The second kappa shape index (κ2) is 7.85. The summed E-state index contributed by atoms with van der Waals surface area (Å²) in [5.74, 6) is 0. The molecule has 0 aromatic heterocycles.